The zero-order valence-electron chi connectivity index (χ0n) is 18.2. The number of methoxy groups -OCH3 is 1. The van der Waals surface area contributed by atoms with Gasteiger partial charge in [-0.25, -0.2) is 9.79 Å². The molecule has 1 heterocycles. The van der Waals surface area contributed by atoms with Gasteiger partial charge in [0.05, 0.1) is 7.11 Å². The highest BCUT2D eigenvalue weighted by atomic mass is 16.6. The van der Waals surface area contributed by atoms with Gasteiger partial charge in [-0.05, 0) is 53.6 Å². The molecule has 1 aliphatic heterocycles. The van der Waals surface area contributed by atoms with Crippen LogP contribution in [0.15, 0.2) is 83.5 Å². The summed E-state index contributed by atoms with van der Waals surface area (Å²) in [6, 6.07) is 22.1. The lowest BCUT2D eigenvalue weighted by Gasteiger charge is -2.11. The Morgan fingerprint density at radius 2 is 1.79 bits per heavy atom. The van der Waals surface area contributed by atoms with E-state index in [9.17, 15) is 9.59 Å². The molecule has 3 aromatic carbocycles. The average Bonchev–Trinajstić information content (AvgIpc) is 3.19. The van der Waals surface area contributed by atoms with Crippen molar-refractivity contribution in [1.82, 2.24) is 0 Å². The van der Waals surface area contributed by atoms with E-state index in [2.05, 4.69) is 10.3 Å². The van der Waals surface area contributed by atoms with Crippen LogP contribution in [0.1, 0.15) is 23.6 Å². The van der Waals surface area contributed by atoms with Crippen LogP contribution in [0.4, 0.5) is 5.69 Å². The van der Waals surface area contributed by atoms with E-state index in [1.807, 2.05) is 36.4 Å². The predicted octanol–water partition coefficient (Wildman–Crippen LogP) is 4.58. The van der Waals surface area contributed by atoms with Crippen LogP contribution in [0, 0.1) is 0 Å². The number of rotatable bonds is 7. The third-order valence-electron chi connectivity index (χ3n) is 4.80. The van der Waals surface area contributed by atoms with Crippen molar-refractivity contribution >= 4 is 29.5 Å². The Morgan fingerprint density at radius 1 is 1.03 bits per heavy atom. The molecule has 7 heteroatoms. The van der Waals surface area contributed by atoms with E-state index in [4.69, 9.17) is 14.2 Å². The van der Waals surface area contributed by atoms with Gasteiger partial charge in [-0.1, -0.05) is 36.4 Å². The predicted molar refractivity (Wildman–Crippen MR) is 125 cm³/mol. The monoisotopic (exact) mass is 442 g/mol. The standard InChI is InChI=1S/C26H22N2O5/c1-17(29)27-21-11-9-20(10-12-21)25-28-22(26(30)33-25)14-19-8-13-23(24(15-19)31-2)32-16-18-6-4-3-5-7-18/h3-15H,16H2,1-2H3,(H,27,29). The molecular formula is C26H22N2O5. The number of carbonyl (C=O) groups is 2. The summed E-state index contributed by atoms with van der Waals surface area (Å²) in [7, 11) is 1.56. The molecule has 0 atom stereocenters. The number of aliphatic imine (C=N–C) groups is 1. The second kappa shape index (κ2) is 9.82. The maximum Gasteiger partial charge on any atom is 0.363 e. The summed E-state index contributed by atoms with van der Waals surface area (Å²) in [6.45, 7) is 1.85. The molecule has 0 radical (unpaired) electrons. The van der Waals surface area contributed by atoms with Gasteiger partial charge < -0.3 is 19.5 Å². The van der Waals surface area contributed by atoms with Gasteiger partial charge in [0.2, 0.25) is 11.8 Å². The molecule has 166 valence electrons. The molecule has 0 spiro atoms. The number of cyclic esters (lactones) is 1. The zero-order valence-corrected chi connectivity index (χ0v) is 18.2. The highest BCUT2D eigenvalue weighted by Crippen LogP contribution is 2.30. The van der Waals surface area contributed by atoms with Crippen molar-refractivity contribution in [3.8, 4) is 11.5 Å². The van der Waals surface area contributed by atoms with Crippen LogP contribution in [0.25, 0.3) is 6.08 Å². The van der Waals surface area contributed by atoms with Crippen molar-refractivity contribution in [1.29, 1.82) is 0 Å². The minimum atomic E-state index is -0.542. The van der Waals surface area contributed by atoms with E-state index >= 15 is 0 Å². The quantitative estimate of drug-likeness (QED) is 0.428. The number of carbonyl (C=O) groups excluding carboxylic acids is 2. The fraction of sp³-hybridized carbons (Fsp3) is 0.115. The van der Waals surface area contributed by atoms with Crippen molar-refractivity contribution in [2.45, 2.75) is 13.5 Å². The number of nitrogens with zero attached hydrogens (tertiary/aromatic N) is 1. The summed E-state index contributed by atoms with van der Waals surface area (Å²) >= 11 is 0. The summed E-state index contributed by atoms with van der Waals surface area (Å²) in [5.41, 5.74) is 3.22. The molecule has 4 rings (SSSR count). The minimum Gasteiger partial charge on any atom is -0.493 e. The summed E-state index contributed by atoms with van der Waals surface area (Å²) in [6.07, 6.45) is 1.63. The molecule has 1 amide bonds. The van der Waals surface area contributed by atoms with E-state index in [-0.39, 0.29) is 17.5 Å². The van der Waals surface area contributed by atoms with Gasteiger partial charge in [-0.3, -0.25) is 4.79 Å². The molecule has 3 aromatic rings. The lowest BCUT2D eigenvalue weighted by atomic mass is 10.1. The lowest BCUT2D eigenvalue weighted by molar-refractivity contribution is -0.129. The van der Waals surface area contributed by atoms with Gasteiger partial charge in [0.1, 0.15) is 6.61 Å². The van der Waals surface area contributed by atoms with Gasteiger partial charge in [0, 0.05) is 18.2 Å². The maximum absolute atomic E-state index is 12.3. The van der Waals surface area contributed by atoms with Gasteiger partial charge in [-0.15, -0.1) is 0 Å². The topological polar surface area (TPSA) is 86.2 Å². The Kier molecular flexibility index (Phi) is 6.50. The van der Waals surface area contributed by atoms with Crippen molar-refractivity contribution in [3.63, 3.8) is 0 Å². The Labute approximate surface area is 191 Å². The normalized spacial score (nSPS) is 13.9. The van der Waals surface area contributed by atoms with Gasteiger partial charge >= 0.3 is 5.97 Å². The van der Waals surface area contributed by atoms with Gasteiger partial charge in [-0.2, -0.15) is 0 Å². The van der Waals surface area contributed by atoms with E-state index in [1.54, 1.807) is 49.6 Å². The van der Waals surface area contributed by atoms with Gasteiger partial charge in [0.15, 0.2) is 17.2 Å². The Balaban J connectivity index is 1.51. The summed E-state index contributed by atoms with van der Waals surface area (Å²) in [4.78, 5) is 27.8. The Morgan fingerprint density at radius 3 is 2.48 bits per heavy atom. The Hall–Kier alpha value is -4.39. The van der Waals surface area contributed by atoms with E-state index < -0.39 is 5.97 Å². The molecule has 0 aliphatic carbocycles. The first-order valence-electron chi connectivity index (χ1n) is 10.3. The minimum absolute atomic E-state index is 0.162. The molecule has 0 saturated carbocycles. The molecule has 0 aromatic heterocycles. The maximum atomic E-state index is 12.3. The molecule has 7 nitrogen and oxygen atoms in total. The zero-order chi connectivity index (χ0) is 23.2. The third kappa shape index (κ3) is 5.46. The van der Waals surface area contributed by atoms with E-state index in [0.29, 0.717) is 29.4 Å². The average molecular weight is 442 g/mol. The van der Waals surface area contributed by atoms with Crippen molar-refractivity contribution in [2.75, 3.05) is 12.4 Å². The number of amides is 1. The molecule has 0 bridgehead atoms. The largest absolute Gasteiger partial charge is 0.493 e. The molecule has 1 N–H and O–H groups in total. The first-order valence-corrected chi connectivity index (χ1v) is 10.3. The number of hydrogen-bond acceptors (Lipinski definition) is 6. The van der Waals surface area contributed by atoms with Crippen LogP contribution in [-0.4, -0.2) is 24.9 Å². The summed E-state index contributed by atoms with van der Waals surface area (Å²) in [5, 5.41) is 2.69. The summed E-state index contributed by atoms with van der Waals surface area (Å²) < 4.78 is 16.7. The van der Waals surface area contributed by atoms with E-state index in [1.165, 1.54) is 6.92 Å². The number of esters is 1. The van der Waals surface area contributed by atoms with Crippen molar-refractivity contribution < 1.29 is 23.8 Å². The molecular weight excluding hydrogens is 420 g/mol. The highest BCUT2D eigenvalue weighted by molar-refractivity contribution is 6.13. The molecule has 0 unspecified atom stereocenters. The lowest BCUT2D eigenvalue weighted by Crippen LogP contribution is -2.07. The van der Waals surface area contributed by atoms with Crippen LogP contribution in [-0.2, 0) is 20.9 Å². The van der Waals surface area contributed by atoms with Crippen LogP contribution in [0.2, 0.25) is 0 Å². The molecule has 33 heavy (non-hydrogen) atoms. The first kappa shape index (κ1) is 21.8. The van der Waals surface area contributed by atoms with Crippen molar-refractivity contribution in [2.24, 2.45) is 4.99 Å². The Bertz CT molecular complexity index is 1230. The van der Waals surface area contributed by atoms with Crippen LogP contribution in [0.3, 0.4) is 0 Å². The van der Waals surface area contributed by atoms with Crippen LogP contribution in [0.5, 0.6) is 11.5 Å². The number of ether oxygens (including phenoxy) is 3. The third-order valence-corrected chi connectivity index (χ3v) is 4.80. The number of anilines is 1. The highest BCUT2D eigenvalue weighted by Gasteiger charge is 2.24. The van der Waals surface area contributed by atoms with Gasteiger partial charge in [0.25, 0.3) is 0 Å². The van der Waals surface area contributed by atoms with Crippen LogP contribution >= 0.6 is 0 Å². The smallest absolute Gasteiger partial charge is 0.363 e. The second-order valence-corrected chi connectivity index (χ2v) is 7.28. The molecule has 0 fully saturated rings. The number of hydrogen-bond donors (Lipinski definition) is 1. The first-order chi connectivity index (χ1) is 16.0. The van der Waals surface area contributed by atoms with E-state index in [0.717, 1.165) is 11.1 Å². The number of benzene rings is 3. The molecule has 0 saturated heterocycles. The second-order valence-electron chi connectivity index (χ2n) is 7.28. The van der Waals surface area contributed by atoms with Crippen molar-refractivity contribution in [3.05, 3.63) is 95.2 Å². The SMILES string of the molecule is COc1cc(C=C2N=C(c3ccc(NC(C)=O)cc3)OC2=O)ccc1OCc1ccccc1. The fourth-order valence-electron chi connectivity index (χ4n) is 3.22. The fourth-order valence-corrected chi connectivity index (χ4v) is 3.22. The van der Waals surface area contributed by atoms with Crippen LogP contribution < -0.4 is 14.8 Å². The summed E-state index contributed by atoms with van der Waals surface area (Å²) in [5.74, 6) is 0.643. The number of nitrogens with one attached hydrogen (secondary N) is 1. The molecule has 1 aliphatic rings.